The van der Waals surface area contributed by atoms with Gasteiger partial charge in [0.1, 0.15) is 11.0 Å². The van der Waals surface area contributed by atoms with Gasteiger partial charge in [-0.1, -0.05) is 24.3 Å². The van der Waals surface area contributed by atoms with Gasteiger partial charge in [0, 0.05) is 43.2 Å². The Bertz CT molecular complexity index is 935. The van der Waals surface area contributed by atoms with Crippen LogP contribution in [-0.4, -0.2) is 34.2 Å². The average molecular weight is 370 g/mol. The van der Waals surface area contributed by atoms with E-state index in [2.05, 4.69) is 20.3 Å². The van der Waals surface area contributed by atoms with Crippen LogP contribution in [0, 0.1) is 0 Å². The molecule has 0 bridgehead atoms. The van der Waals surface area contributed by atoms with E-state index in [9.17, 15) is 8.78 Å². The van der Waals surface area contributed by atoms with E-state index >= 15 is 0 Å². The van der Waals surface area contributed by atoms with E-state index in [4.69, 9.17) is 4.74 Å². The highest BCUT2D eigenvalue weighted by Gasteiger charge is 2.24. The predicted molar refractivity (Wildman–Crippen MR) is 99.8 cm³/mol. The molecular formula is C20H20F2N4O. The number of benzene rings is 1. The predicted octanol–water partition coefficient (Wildman–Crippen LogP) is 4.39. The summed E-state index contributed by atoms with van der Waals surface area (Å²) >= 11 is 0. The second-order valence-corrected chi connectivity index (χ2v) is 6.80. The smallest absolute Gasteiger partial charge is 0.270 e. The fourth-order valence-corrected chi connectivity index (χ4v) is 3.27. The first-order chi connectivity index (χ1) is 13.0. The Labute approximate surface area is 155 Å². The average Bonchev–Trinajstić information content (AvgIpc) is 2.68. The summed E-state index contributed by atoms with van der Waals surface area (Å²) in [6, 6.07) is 6.39. The third kappa shape index (κ3) is 3.73. The summed E-state index contributed by atoms with van der Waals surface area (Å²) < 4.78 is 32.4. The first kappa shape index (κ1) is 17.7. The molecule has 1 fully saturated rings. The molecule has 1 atom stereocenters. The summed E-state index contributed by atoms with van der Waals surface area (Å²) in [6.07, 6.45) is 6.97. The third-order valence-electron chi connectivity index (χ3n) is 4.70. The van der Waals surface area contributed by atoms with E-state index in [0.29, 0.717) is 23.5 Å². The Balaban J connectivity index is 1.71. The molecule has 1 saturated heterocycles. The standard InChI is InChI=1S/C20H20F2N4O/c1-20(21,22)14-6-4-13(5-7-14)16-11-25-19(18-17(16)23-8-9-24-18)26-15-3-2-10-27-12-15/h4-9,11,15H,2-3,10,12H2,1H3,(H,25,26). The zero-order chi connectivity index (χ0) is 18.9. The molecule has 0 saturated carbocycles. The normalized spacial score (nSPS) is 17.8. The lowest BCUT2D eigenvalue weighted by Gasteiger charge is -2.24. The quantitative estimate of drug-likeness (QED) is 0.738. The third-order valence-corrected chi connectivity index (χ3v) is 4.70. The number of nitrogens with one attached hydrogen (secondary N) is 1. The lowest BCUT2D eigenvalue weighted by atomic mass is 10.0. The Morgan fingerprint density at radius 1 is 1.07 bits per heavy atom. The van der Waals surface area contributed by atoms with Crippen molar-refractivity contribution in [1.82, 2.24) is 15.0 Å². The molecule has 27 heavy (non-hydrogen) atoms. The number of alkyl halides is 2. The molecular weight excluding hydrogens is 350 g/mol. The van der Waals surface area contributed by atoms with Gasteiger partial charge in [-0.3, -0.25) is 4.98 Å². The number of fused-ring (bicyclic) bond motifs is 1. The minimum Gasteiger partial charge on any atom is -0.379 e. The van der Waals surface area contributed by atoms with Gasteiger partial charge in [0.15, 0.2) is 5.82 Å². The molecule has 2 aromatic heterocycles. The number of nitrogens with zero attached hydrogens (tertiary/aromatic N) is 3. The highest BCUT2D eigenvalue weighted by atomic mass is 19.3. The van der Waals surface area contributed by atoms with Crippen LogP contribution in [0.1, 0.15) is 25.3 Å². The van der Waals surface area contributed by atoms with Gasteiger partial charge in [-0.05, 0) is 18.4 Å². The van der Waals surface area contributed by atoms with E-state index in [1.54, 1.807) is 30.7 Å². The molecule has 1 N–H and O–H groups in total. The van der Waals surface area contributed by atoms with Gasteiger partial charge in [-0.15, -0.1) is 0 Å². The number of hydrogen-bond donors (Lipinski definition) is 1. The van der Waals surface area contributed by atoms with Gasteiger partial charge < -0.3 is 10.1 Å². The molecule has 3 heterocycles. The van der Waals surface area contributed by atoms with Crippen LogP contribution in [-0.2, 0) is 10.7 Å². The van der Waals surface area contributed by atoms with Crippen LogP contribution in [0.2, 0.25) is 0 Å². The number of anilines is 1. The van der Waals surface area contributed by atoms with Crippen molar-refractivity contribution in [3.63, 3.8) is 0 Å². The maximum atomic E-state index is 13.5. The van der Waals surface area contributed by atoms with Gasteiger partial charge in [0.25, 0.3) is 5.92 Å². The second-order valence-electron chi connectivity index (χ2n) is 6.80. The first-order valence-corrected chi connectivity index (χ1v) is 8.95. The molecule has 4 rings (SSSR count). The molecule has 1 unspecified atom stereocenters. The van der Waals surface area contributed by atoms with Gasteiger partial charge in [-0.25, -0.2) is 18.7 Å². The molecule has 140 valence electrons. The highest BCUT2D eigenvalue weighted by Crippen LogP contribution is 2.32. The summed E-state index contributed by atoms with van der Waals surface area (Å²) in [7, 11) is 0. The molecule has 0 spiro atoms. The Morgan fingerprint density at radius 3 is 2.48 bits per heavy atom. The lowest BCUT2D eigenvalue weighted by molar-refractivity contribution is 0.0175. The second kappa shape index (κ2) is 7.15. The number of aromatic nitrogens is 3. The number of hydrogen-bond acceptors (Lipinski definition) is 5. The molecule has 1 aliphatic rings. The highest BCUT2D eigenvalue weighted by molar-refractivity contribution is 5.96. The van der Waals surface area contributed by atoms with E-state index < -0.39 is 5.92 Å². The van der Waals surface area contributed by atoms with Crippen molar-refractivity contribution in [3.05, 3.63) is 48.4 Å². The largest absolute Gasteiger partial charge is 0.379 e. The van der Waals surface area contributed by atoms with Crippen molar-refractivity contribution in [3.8, 4) is 11.1 Å². The van der Waals surface area contributed by atoms with E-state index in [-0.39, 0.29) is 11.6 Å². The molecule has 5 nitrogen and oxygen atoms in total. The van der Waals surface area contributed by atoms with Crippen molar-refractivity contribution < 1.29 is 13.5 Å². The van der Waals surface area contributed by atoms with Gasteiger partial charge in [0.05, 0.1) is 12.6 Å². The molecule has 7 heteroatoms. The minimum atomic E-state index is -2.87. The summed E-state index contributed by atoms with van der Waals surface area (Å²) in [4.78, 5) is 13.4. The zero-order valence-electron chi connectivity index (χ0n) is 15.0. The molecule has 0 aliphatic carbocycles. The topological polar surface area (TPSA) is 59.9 Å². The summed E-state index contributed by atoms with van der Waals surface area (Å²) in [5.74, 6) is -2.21. The van der Waals surface area contributed by atoms with Crippen LogP contribution in [0.4, 0.5) is 14.6 Å². The van der Waals surface area contributed by atoms with E-state index in [0.717, 1.165) is 37.5 Å². The van der Waals surface area contributed by atoms with Crippen LogP contribution in [0.25, 0.3) is 22.2 Å². The maximum absolute atomic E-state index is 13.5. The maximum Gasteiger partial charge on any atom is 0.270 e. The van der Waals surface area contributed by atoms with E-state index in [1.807, 2.05) is 0 Å². The fourth-order valence-electron chi connectivity index (χ4n) is 3.27. The van der Waals surface area contributed by atoms with Gasteiger partial charge in [0.2, 0.25) is 0 Å². The molecule has 1 aromatic carbocycles. The molecule has 3 aromatic rings. The van der Waals surface area contributed by atoms with Crippen LogP contribution in [0.5, 0.6) is 0 Å². The van der Waals surface area contributed by atoms with Crippen molar-refractivity contribution in [2.24, 2.45) is 0 Å². The number of rotatable bonds is 4. The lowest BCUT2D eigenvalue weighted by Crippen LogP contribution is -2.30. The molecule has 1 aliphatic heterocycles. The monoisotopic (exact) mass is 370 g/mol. The number of pyridine rings is 1. The van der Waals surface area contributed by atoms with Crippen molar-refractivity contribution >= 4 is 16.9 Å². The molecule has 0 amide bonds. The van der Waals surface area contributed by atoms with Gasteiger partial charge in [-0.2, -0.15) is 0 Å². The summed E-state index contributed by atoms with van der Waals surface area (Å²) in [6.45, 7) is 2.32. The summed E-state index contributed by atoms with van der Waals surface area (Å²) in [5, 5.41) is 3.39. The number of ether oxygens (including phenoxy) is 1. The number of halogens is 2. The Kier molecular flexibility index (Phi) is 4.70. The SMILES string of the molecule is CC(F)(F)c1ccc(-c2cnc(NC3CCCOC3)c3nccnc23)cc1. The fraction of sp³-hybridized carbons (Fsp3) is 0.350. The Morgan fingerprint density at radius 2 is 1.81 bits per heavy atom. The van der Waals surface area contributed by atoms with Crippen molar-refractivity contribution in [1.29, 1.82) is 0 Å². The van der Waals surface area contributed by atoms with Crippen LogP contribution in [0.3, 0.4) is 0 Å². The molecule has 0 radical (unpaired) electrons. The van der Waals surface area contributed by atoms with Crippen LogP contribution >= 0.6 is 0 Å². The summed E-state index contributed by atoms with van der Waals surface area (Å²) in [5.41, 5.74) is 2.85. The van der Waals surface area contributed by atoms with Crippen molar-refractivity contribution in [2.75, 3.05) is 18.5 Å². The van der Waals surface area contributed by atoms with Gasteiger partial charge >= 0.3 is 0 Å². The zero-order valence-corrected chi connectivity index (χ0v) is 15.0. The Hall–Kier alpha value is -2.67. The minimum absolute atomic E-state index is 0.0230. The van der Waals surface area contributed by atoms with E-state index in [1.165, 1.54) is 12.1 Å². The first-order valence-electron chi connectivity index (χ1n) is 8.95. The van der Waals surface area contributed by atoms with Crippen LogP contribution < -0.4 is 5.32 Å². The van der Waals surface area contributed by atoms with Crippen molar-refractivity contribution in [2.45, 2.75) is 31.7 Å². The van der Waals surface area contributed by atoms with Crippen LogP contribution in [0.15, 0.2) is 42.9 Å².